The Balaban J connectivity index is 1.90. The molecule has 1 N–H and O–H groups in total. The van der Waals surface area contributed by atoms with Gasteiger partial charge in [-0.1, -0.05) is 30.9 Å². The standard InChI is InChI=1S/C23H24ClNO6/c1-29-17-12-15(24)18(30-2)11-14(17)21(26)19-20(16-9-6-10-31-16)25(23(28)22(19)27)13-7-4-3-5-8-13/h6,9-13,20,26H,3-5,7-8H2,1-2H3/b21-19+. The van der Waals surface area contributed by atoms with Crippen LogP contribution in [0, 0.1) is 0 Å². The summed E-state index contributed by atoms with van der Waals surface area (Å²) < 4.78 is 16.2. The number of ether oxygens (including phenoxy) is 2. The Bertz CT molecular complexity index is 1020. The lowest BCUT2D eigenvalue weighted by molar-refractivity contribution is -0.142. The Morgan fingerprint density at radius 2 is 1.84 bits per heavy atom. The van der Waals surface area contributed by atoms with Crippen molar-refractivity contribution in [1.82, 2.24) is 4.90 Å². The molecule has 0 bridgehead atoms. The smallest absolute Gasteiger partial charge is 0.296 e. The Hall–Kier alpha value is -2.93. The summed E-state index contributed by atoms with van der Waals surface area (Å²) in [7, 11) is 2.88. The zero-order valence-corrected chi connectivity index (χ0v) is 18.1. The number of benzene rings is 1. The van der Waals surface area contributed by atoms with Crippen molar-refractivity contribution in [2.75, 3.05) is 14.2 Å². The number of rotatable bonds is 5. The van der Waals surface area contributed by atoms with Gasteiger partial charge in [0.2, 0.25) is 0 Å². The first-order valence-electron chi connectivity index (χ1n) is 10.2. The molecule has 1 atom stereocenters. The van der Waals surface area contributed by atoms with Gasteiger partial charge in [-0.05, 0) is 31.0 Å². The summed E-state index contributed by atoms with van der Waals surface area (Å²) in [4.78, 5) is 27.8. The van der Waals surface area contributed by atoms with Crippen molar-refractivity contribution in [3.63, 3.8) is 0 Å². The average Bonchev–Trinajstić information content (AvgIpc) is 3.40. The molecule has 1 saturated heterocycles. The van der Waals surface area contributed by atoms with Crippen LogP contribution in [0.25, 0.3) is 5.76 Å². The minimum atomic E-state index is -0.815. The van der Waals surface area contributed by atoms with E-state index in [0.717, 1.165) is 32.1 Å². The predicted octanol–water partition coefficient (Wildman–Crippen LogP) is 4.70. The first-order chi connectivity index (χ1) is 15.0. The lowest BCUT2D eigenvalue weighted by Gasteiger charge is -2.34. The third-order valence-electron chi connectivity index (χ3n) is 5.99. The Morgan fingerprint density at radius 3 is 2.45 bits per heavy atom. The van der Waals surface area contributed by atoms with Crippen LogP contribution in [0.15, 0.2) is 40.5 Å². The topological polar surface area (TPSA) is 89.2 Å². The third kappa shape index (κ3) is 3.67. The van der Waals surface area contributed by atoms with Gasteiger partial charge in [0.25, 0.3) is 11.7 Å². The van der Waals surface area contributed by atoms with Gasteiger partial charge in [0, 0.05) is 12.1 Å². The molecule has 8 heteroatoms. The quantitative estimate of drug-likeness (QED) is 0.407. The number of carbonyl (C=O) groups excluding carboxylic acids is 2. The maximum absolute atomic E-state index is 13.2. The van der Waals surface area contributed by atoms with E-state index in [0.29, 0.717) is 16.5 Å². The van der Waals surface area contributed by atoms with Crippen molar-refractivity contribution >= 4 is 29.1 Å². The van der Waals surface area contributed by atoms with Gasteiger partial charge >= 0.3 is 0 Å². The molecule has 31 heavy (non-hydrogen) atoms. The summed E-state index contributed by atoms with van der Waals surface area (Å²) in [6.45, 7) is 0. The van der Waals surface area contributed by atoms with Gasteiger partial charge in [0.1, 0.15) is 29.1 Å². The number of furan rings is 1. The highest BCUT2D eigenvalue weighted by molar-refractivity contribution is 6.46. The van der Waals surface area contributed by atoms with Crippen LogP contribution in [-0.4, -0.2) is 42.0 Å². The van der Waals surface area contributed by atoms with Crippen molar-refractivity contribution in [2.45, 2.75) is 44.2 Å². The van der Waals surface area contributed by atoms with E-state index in [9.17, 15) is 14.7 Å². The van der Waals surface area contributed by atoms with Crippen LogP contribution in [0.5, 0.6) is 11.5 Å². The molecule has 4 rings (SSSR count). The molecule has 2 heterocycles. The third-order valence-corrected chi connectivity index (χ3v) is 6.29. The highest BCUT2D eigenvalue weighted by Crippen LogP contribution is 2.45. The molecule has 1 aliphatic carbocycles. The molecular weight excluding hydrogens is 422 g/mol. The number of hydrogen-bond donors (Lipinski definition) is 1. The molecule has 2 aromatic rings. The van der Waals surface area contributed by atoms with E-state index < -0.39 is 17.7 Å². The molecule has 1 aromatic heterocycles. The number of carbonyl (C=O) groups is 2. The number of methoxy groups -OCH3 is 2. The number of ketones is 1. The van der Waals surface area contributed by atoms with E-state index in [2.05, 4.69) is 0 Å². The maximum Gasteiger partial charge on any atom is 0.296 e. The summed E-state index contributed by atoms with van der Waals surface area (Å²) in [6.07, 6.45) is 6.18. The molecule has 1 unspecified atom stereocenters. The highest BCUT2D eigenvalue weighted by Gasteiger charge is 2.50. The van der Waals surface area contributed by atoms with E-state index >= 15 is 0 Å². The van der Waals surface area contributed by atoms with Crippen LogP contribution < -0.4 is 9.47 Å². The fourth-order valence-corrected chi connectivity index (χ4v) is 4.73. The first kappa shape index (κ1) is 21.3. The van der Waals surface area contributed by atoms with Crippen molar-refractivity contribution in [2.24, 2.45) is 0 Å². The second-order valence-electron chi connectivity index (χ2n) is 7.70. The van der Waals surface area contributed by atoms with Crippen molar-refractivity contribution in [3.05, 3.63) is 52.4 Å². The van der Waals surface area contributed by atoms with Gasteiger partial charge in [-0.15, -0.1) is 0 Å². The number of hydrogen-bond acceptors (Lipinski definition) is 6. The van der Waals surface area contributed by atoms with E-state index in [1.54, 1.807) is 17.0 Å². The monoisotopic (exact) mass is 445 g/mol. The van der Waals surface area contributed by atoms with Gasteiger partial charge in [0.15, 0.2) is 0 Å². The second-order valence-corrected chi connectivity index (χ2v) is 8.11. The van der Waals surface area contributed by atoms with Gasteiger partial charge in [-0.2, -0.15) is 0 Å². The summed E-state index contributed by atoms with van der Waals surface area (Å²) in [5, 5.41) is 11.6. The Labute approximate surface area is 185 Å². The Morgan fingerprint density at radius 1 is 1.13 bits per heavy atom. The van der Waals surface area contributed by atoms with E-state index in [4.69, 9.17) is 25.5 Å². The molecule has 7 nitrogen and oxygen atoms in total. The average molecular weight is 446 g/mol. The van der Waals surface area contributed by atoms with Gasteiger partial charge < -0.3 is 23.9 Å². The zero-order chi connectivity index (χ0) is 22.1. The minimum Gasteiger partial charge on any atom is -0.507 e. The van der Waals surface area contributed by atoms with Gasteiger partial charge in [-0.3, -0.25) is 9.59 Å². The molecule has 2 fully saturated rings. The number of likely N-dealkylation sites (tertiary alicyclic amines) is 1. The van der Waals surface area contributed by atoms with Crippen molar-refractivity contribution in [3.8, 4) is 11.5 Å². The molecule has 0 radical (unpaired) electrons. The molecule has 2 aliphatic rings. The van der Waals surface area contributed by atoms with Gasteiger partial charge in [0.05, 0.1) is 36.6 Å². The van der Waals surface area contributed by atoms with E-state index in [1.165, 1.54) is 32.6 Å². The molecule has 164 valence electrons. The van der Waals surface area contributed by atoms with E-state index in [-0.39, 0.29) is 28.7 Å². The fraction of sp³-hybridized carbons (Fsp3) is 0.391. The van der Waals surface area contributed by atoms with Gasteiger partial charge in [-0.25, -0.2) is 0 Å². The van der Waals surface area contributed by atoms with Crippen molar-refractivity contribution in [1.29, 1.82) is 0 Å². The normalized spacial score (nSPS) is 21.5. The number of halogens is 1. The second kappa shape index (κ2) is 8.67. The number of nitrogens with zero attached hydrogens (tertiary/aromatic N) is 1. The first-order valence-corrected chi connectivity index (χ1v) is 10.6. The van der Waals surface area contributed by atoms with Crippen LogP contribution in [0.2, 0.25) is 5.02 Å². The predicted molar refractivity (Wildman–Crippen MR) is 114 cm³/mol. The summed E-state index contributed by atoms with van der Waals surface area (Å²) in [6, 6.07) is 5.48. The fourth-order valence-electron chi connectivity index (χ4n) is 4.50. The highest BCUT2D eigenvalue weighted by atomic mass is 35.5. The molecule has 1 amide bonds. The lowest BCUT2D eigenvalue weighted by atomic mass is 9.92. The largest absolute Gasteiger partial charge is 0.507 e. The summed E-state index contributed by atoms with van der Waals surface area (Å²) in [5.74, 6) is -0.753. The SMILES string of the molecule is COc1cc(/C(O)=C2\C(=O)C(=O)N(C3CCCCC3)C2c2ccco2)c(OC)cc1Cl. The maximum atomic E-state index is 13.2. The number of amides is 1. The van der Waals surface area contributed by atoms with Crippen LogP contribution in [-0.2, 0) is 9.59 Å². The van der Waals surface area contributed by atoms with Crippen LogP contribution in [0.1, 0.15) is 49.5 Å². The molecule has 1 saturated carbocycles. The molecule has 1 aliphatic heterocycles. The Kier molecular flexibility index (Phi) is 5.96. The zero-order valence-electron chi connectivity index (χ0n) is 17.4. The van der Waals surface area contributed by atoms with Crippen LogP contribution in [0.3, 0.4) is 0 Å². The minimum absolute atomic E-state index is 0.0341. The summed E-state index contributed by atoms with van der Waals surface area (Å²) in [5.41, 5.74) is 0.176. The van der Waals surface area contributed by atoms with Crippen LogP contribution >= 0.6 is 11.6 Å². The number of aliphatic hydroxyl groups excluding tert-OH is 1. The lowest BCUT2D eigenvalue weighted by Crippen LogP contribution is -2.40. The molecular formula is C23H24ClNO6. The molecule has 1 aromatic carbocycles. The van der Waals surface area contributed by atoms with Crippen molar-refractivity contribution < 1.29 is 28.6 Å². The molecule has 0 spiro atoms. The van der Waals surface area contributed by atoms with E-state index in [1.807, 2.05) is 0 Å². The summed E-state index contributed by atoms with van der Waals surface area (Å²) >= 11 is 6.18. The number of aliphatic hydroxyl groups is 1. The number of Topliss-reactive ketones (excluding diaryl/α,β-unsaturated/α-hetero) is 1. The van der Waals surface area contributed by atoms with Crippen LogP contribution in [0.4, 0.5) is 0 Å².